The van der Waals surface area contributed by atoms with Gasteiger partial charge in [-0.25, -0.2) is 0 Å². The fourth-order valence-corrected chi connectivity index (χ4v) is 1.49. The first-order valence-electron chi connectivity index (χ1n) is 6.42. The van der Waals surface area contributed by atoms with Crippen LogP contribution in [0.3, 0.4) is 0 Å². The Morgan fingerprint density at radius 3 is 2.61 bits per heavy atom. The minimum atomic E-state index is -0.110. The average molecular weight is 244 g/mol. The van der Waals surface area contributed by atoms with Crippen LogP contribution in [0, 0.1) is 11.8 Å². The Morgan fingerprint density at radius 1 is 1.22 bits per heavy atom. The Hall–Kier alpha value is -1.75. The molecule has 0 bridgehead atoms. The summed E-state index contributed by atoms with van der Waals surface area (Å²) in [6.07, 6.45) is 3.08. The van der Waals surface area contributed by atoms with Crippen LogP contribution in [-0.4, -0.2) is 12.1 Å². The van der Waals surface area contributed by atoms with E-state index in [1.807, 2.05) is 44.2 Å². The highest BCUT2D eigenvalue weighted by molar-refractivity contribution is 5.69. The summed E-state index contributed by atoms with van der Waals surface area (Å²) in [5.41, 5.74) is 1.04. The number of hydrogen-bond acceptors (Lipinski definition) is 2. The van der Waals surface area contributed by atoms with Gasteiger partial charge in [-0.1, -0.05) is 30.0 Å². The lowest BCUT2D eigenvalue weighted by Crippen LogP contribution is -2.10. The largest absolute Gasteiger partial charge is 0.463 e. The van der Waals surface area contributed by atoms with Crippen molar-refractivity contribution in [3.8, 4) is 11.8 Å². The Labute approximate surface area is 109 Å². The molecule has 0 spiro atoms. The molecule has 0 radical (unpaired) electrons. The van der Waals surface area contributed by atoms with Crippen LogP contribution in [0.25, 0.3) is 0 Å². The minimum Gasteiger partial charge on any atom is -0.463 e. The molecule has 96 valence electrons. The second kappa shape index (κ2) is 8.36. The van der Waals surface area contributed by atoms with Crippen molar-refractivity contribution < 1.29 is 9.53 Å². The van der Waals surface area contributed by atoms with Crippen LogP contribution in [-0.2, 0) is 9.53 Å². The molecular formula is C16H20O2. The van der Waals surface area contributed by atoms with Crippen LogP contribution in [0.5, 0.6) is 0 Å². The molecule has 0 aromatic heterocycles. The topological polar surface area (TPSA) is 26.3 Å². The van der Waals surface area contributed by atoms with E-state index in [0.29, 0.717) is 6.42 Å². The molecule has 2 nitrogen and oxygen atoms in total. The van der Waals surface area contributed by atoms with Crippen molar-refractivity contribution >= 4 is 5.97 Å². The molecule has 1 aromatic rings. The van der Waals surface area contributed by atoms with Gasteiger partial charge in [0, 0.05) is 18.4 Å². The molecule has 0 saturated carbocycles. The standard InChI is InChI=1S/C16H20O2/c1-14(2)18-16(17)13-9-4-3-6-10-15-11-7-5-8-12-15/h5,7-8,11-12,14H,3-4,9,13H2,1-2H3. The van der Waals surface area contributed by atoms with Crippen LogP contribution >= 0.6 is 0 Å². The number of rotatable bonds is 5. The molecule has 1 rings (SSSR count). The van der Waals surface area contributed by atoms with E-state index < -0.39 is 0 Å². The van der Waals surface area contributed by atoms with E-state index in [0.717, 1.165) is 24.8 Å². The van der Waals surface area contributed by atoms with Gasteiger partial charge in [-0.05, 0) is 38.8 Å². The summed E-state index contributed by atoms with van der Waals surface area (Å²) < 4.78 is 5.05. The Balaban J connectivity index is 2.13. The zero-order valence-corrected chi connectivity index (χ0v) is 11.1. The van der Waals surface area contributed by atoms with Crippen LogP contribution in [0.4, 0.5) is 0 Å². The molecule has 0 amide bonds. The first-order chi connectivity index (χ1) is 8.68. The third-order valence-electron chi connectivity index (χ3n) is 2.31. The quantitative estimate of drug-likeness (QED) is 0.450. The molecule has 18 heavy (non-hydrogen) atoms. The van der Waals surface area contributed by atoms with Crippen LogP contribution < -0.4 is 0 Å². The van der Waals surface area contributed by atoms with Crippen LogP contribution in [0.1, 0.15) is 45.1 Å². The van der Waals surface area contributed by atoms with Crippen LogP contribution in [0.2, 0.25) is 0 Å². The van der Waals surface area contributed by atoms with Gasteiger partial charge >= 0.3 is 5.97 Å². The van der Waals surface area contributed by atoms with Crippen molar-refractivity contribution in [3.05, 3.63) is 35.9 Å². The Kier molecular flexibility index (Phi) is 6.64. The lowest BCUT2D eigenvalue weighted by atomic mass is 10.2. The monoisotopic (exact) mass is 244 g/mol. The third-order valence-corrected chi connectivity index (χ3v) is 2.31. The summed E-state index contributed by atoms with van der Waals surface area (Å²) in [6.45, 7) is 3.73. The van der Waals surface area contributed by atoms with Crippen molar-refractivity contribution in [2.24, 2.45) is 0 Å². The first kappa shape index (κ1) is 14.3. The molecule has 0 aliphatic rings. The number of esters is 1. The summed E-state index contributed by atoms with van der Waals surface area (Å²) in [7, 11) is 0. The molecular weight excluding hydrogens is 224 g/mol. The zero-order chi connectivity index (χ0) is 13.2. The van der Waals surface area contributed by atoms with E-state index in [9.17, 15) is 4.79 Å². The van der Waals surface area contributed by atoms with E-state index in [2.05, 4.69) is 11.8 Å². The number of hydrogen-bond donors (Lipinski definition) is 0. The molecule has 1 aromatic carbocycles. The smallest absolute Gasteiger partial charge is 0.306 e. The lowest BCUT2D eigenvalue weighted by Gasteiger charge is -2.06. The van der Waals surface area contributed by atoms with Gasteiger partial charge in [0.15, 0.2) is 0 Å². The van der Waals surface area contributed by atoms with Gasteiger partial charge in [0.25, 0.3) is 0 Å². The highest BCUT2D eigenvalue weighted by Gasteiger charge is 2.03. The Morgan fingerprint density at radius 2 is 1.94 bits per heavy atom. The summed E-state index contributed by atoms with van der Waals surface area (Å²) >= 11 is 0. The fourth-order valence-electron chi connectivity index (χ4n) is 1.49. The average Bonchev–Trinajstić information content (AvgIpc) is 2.34. The number of ether oxygens (including phenoxy) is 1. The van der Waals surface area contributed by atoms with Gasteiger partial charge < -0.3 is 4.74 Å². The molecule has 0 N–H and O–H groups in total. The second-order valence-electron chi connectivity index (χ2n) is 4.41. The van der Waals surface area contributed by atoms with Gasteiger partial charge in [0.1, 0.15) is 0 Å². The first-order valence-corrected chi connectivity index (χ1v) is 6.42. The number of carbonyl (C=O) groups is 1. The molecule has 0 atom stereocenters. The van der Waals surface area contributed by atoms with Crippen molar-refractivity contribution in [1.82, 2.24) is 0 Å². The highest BCUT2D eigenvalue weighted by atomic mass is 16.5. The fraction of sp³-hybridized carbons (Fsp3) is 0.438. The molecule has 0 heterocycles. The van der Waals surface area contributed by atoms with E-state index in [1.54, 1.807) is 0 Å². The van der Waals surface area contributed by atoms with E-state index in [1.165, 1.54) is 0 Å². The summed E-state index contributed by atoms with van der Waals surface area (Å²) in [5.74, 6) is 6.10. The minimum absolute atomic E-state index is 0.0182. The molecule has 0 aliphatic carbocycles. The van der Waals surface area contributed by atoms with Crippen molar-refractivity contribution in [2.45, 2.75) is 45.6 Å². The van der Waals surface area contributed by atoms with E-state index in [4.69, 9.17) is 4.74 Å². The van der Waals surface area contributed by atoms with Crippen LogP contribution in [0.15, 0.2) is 30.3 Å². The maximum absolute atomic E-state index is 11.2. The maximum atomic E-state index is 11.2. The van der Waals surface area contributed by atoms with Gasteiger partial charge in [-0.3, -0.25) is 4.79 Å². The predicted octanol–water partition coefficient (Wildman–Crippen LogP) is 3.55. The molecule has 0 aliphatic heterocycles. The van der Waals surface area contributed by atoms with Gasteiger partial charge in [0.05, 0.1) is 6.10 Å². The van der Waals surface area contributed by atoms with Crippen molar-refractivity contribution in [3.63, 3.8) is 0 Å². The van der Waals surface area contributed by atoms with Crippen molar-refractivity contribution in [2.75, 3.05) is 0 Å². The Bertz CT molecular complexity index is 410. The number of unbranched alkanes of at least 4 members (excludes halogenated alkanes) is 2. The van der Waals surface area contributed by atoms with Gasteiger partial charge in [0.2, 0.25) is 0 Å². The molecule has 0 fully saturated rings. The second-order valence-corrected chi connectivity index (χ2v) is 4.41. The molecule has 2 heteroatoms. The zero-order valence-electron chi connectivity index (χ0n) is 11.1. The highest BCUT2D eigenvalue weighted by Crippen LogP contribution is 2.03. The van der Waals surface area contributed by atoms with Crippen molar-refractivity contribution in [1.29, 1.82) is 0 Å². The van der Waals surface area contributed by atoms with E-state index >= 15 is 0 Å². The number of benzene rings is 1. The lowest BCUT2D eigenvalue weighted by molar-refractivity contribution is -0.147. The summed E-state index contributed by atoms with van der Waals surface area (Å²) in [5, 5.41) is 0. The predicted molar refractivity (Wildman–Crippen MR) is 73.0 cm³/mol. The van der Waals surface area contributed by atoms with E-state index in [-0.39, 0.29) is 12.1 Å². The third kappa shape index (κ3) is 6.75. The SMILES string of the molecule is CC(C)OC(=O)CCCCC#Cc1ccccc1. The molecule has 0 unspecified atom stereocenters. The van der Waals surface area contributed by atoms with Gasteiger partial charge in [-0.2, -0.15) is 0 Å². The molecule has 0 saturated heterocycles. The normalized spacial score (nSPS) is 9.72. The summed E-state index contributed by atoms with van der Waals surface area (Å²) in [6, 6.07) is 9.92. The van der Waals surface area contributed by atoms with Gasteiger partial charge in [-0.15, -0.1) is 0 Å². The maximum Gasteiger partial charge on any atom is 0.306 e. The number of carbonyl (C=O) groups excluding carboxylic acids is 1. The summed E-state index contributed by atoms with van der Waals surface area (Å²) in [4.78, 5) is 11.2.